The number of thioether (sulfide) groups is 1. The summed E-state index contributed by atoms with van der Waals surface area (Å²) >= 11 is 9.36. The maximum Gasteiger partial charge on any atom is 0.147 e. The van der Waals surface area contributed by atoms with Crippen LogP contribution in [0.25, 0.3) is 0 Å². The summed E-state index contributed by atoms with van der Waals surface area (Å²) in [6, 6.07) is 5.91. The second-order valence-corrected chi connectivity index (χ2v) is 5.18. The quantitative estimate of drug-likeness (QED) is 0.519. The highest BCUT2D eigenvalue weighted by Crippen LogP contribution is 2.31. The molecule has 0 N–H and O–H groups in total. The molecule has 0 fully saturated rings. The average molecular weight is 291 g/mol. The van der Waals surface area contributed by atoms with Gasteiger partial charge in [0.05, 0.1) is 4.83 Å². The van der Waals surface area contributed by atoms with Gasteiger partial charge in [-0.2, -0.15) is 0 Å². The van der Waals surface area contributed by atoms with E-state index in [0.29, 0.717) is 0 Å². The molecule has 76 valence electrons. The molecule has 0 saturated heterocycles. The van der Waals surface area contributed by atoms with Crippen LogP contribution in [0.4, 0.5) is 0 Å². The van der Waals surface area contributed by atoms with Crippen LogP contribution in [-0.2, 0) is 4.79 Å². The van der Waals surface area contributed by atoms with Crippen LogP contribution in [0, 0.1) is 0 Å². The fraction of sp³-hybridized carbons (Fsp3) is 0.300. The first-order chi connectivity index (χ1) is 6.56. The van der Waals surface area contributed by atoms with Gasteiger partial charge in [0.1, 0.15) is 5.78 Å². The molecule has 1 atom stereocenters. The molecule has 0 heterocycles. The fourth-order valence-electron chi connectivity index (χ4n) is 1.08. The van der Waals surface area contributed by atoms with Crippen LogP contribution >= 0.6 is 40.3 Å². The molecule has 0 aliphatic rings. The lowest BCUT2D eigenvalue weighted by molar-refractivity contribution is -0.116. The summed E-state index contributed by atoms with van der Waals surface area (Å²) < 4.78 is 0. The van der Waals surface area contributed by atoms with E-state index in [2.05, 4.69) is 28.6 Å². The van der Waals surface area contributed by atoms with Gasteiger partial charge >= 0.3 is 0 Å². The fourth-order valence-corrected chi connectivity index (χ4v) is 2.53. The summed E-state index contributed by atoms with van der Waals surface area (Å²) in [5.74, 6) is 0.0946. The lowest BCUT2D eigenvalue weighted by Crippen LogP contribution is -2.01. The third-order valence-electron chi connectivity index (χ3n) is 1.87. The van der Waals surface area contributed by atoms with Crippen molar-refractivity contribution >= 4 is 46.1 Å². The number of hydrogen-bond acceptors (Lipinski definition) is 3. The molecule has 14 heavy (non-hydrogen) atoms. The Kier molecular flexibility index (Phi) is 4.54. The maximum atomic E-state index is 11.2. The zero-order valence-electron chi connectivity index (χ0n) is 7.95. The minimum absolute atomic E-state index is 0.0946. The third-order valence-corrected chi connectivity index (χ3v) is 4.12. The van der Waals surface area contributed by atoms with E-state index in [1.807, 2.05) is 24.5 Å². The van der Waals surface area contributed by atoms with Crippen molar-refractivity contribution in [2.24, 2.45) is 0 Å². The van der Waals surface area contributed by atoms with Crippen molar-refractivity contribution in [2.75, 3.05) is 6.26 Å². The van der Waals surface area contributed by atoms with Crippen molar-refractivity contribution in [1.82, 2.24) is 0 Å². The van der Waals surface area contributed by atoms with Crippen molar-refractivity contribution in [3.05, 3.63) is 23.8 Å². The smallest absolute Gasteiger partial charge is 0.147 e. The van der Waals surface area contributed by atoms with Gasteiger partial charge in [0.25, 0.3) is 0 Å². The molecule has 0 aromatic heterocycles. The van der Waals surface area contributed by atoms with Crippen molar-refractivity contribution in [2.45, 2.75) is 21.5 Å². The molecule has 0 saturated carbocycles. The monoisotopic (exact) mass is 290 g/mol. The lowest BCUT2D eigenvalue weighted by atomic mass is 10.1. The van der Waals surface area contributed by atoms with E-state index in [1.165, 1.54) is 0 Å². The lowest BCUT2D eigenvalue weighted by Gasteiger charge is -2.10. The summed E-state index contributed by atoms with van der Waals surface area (Å²) in [6.45, 7) is 1.56. The predicted molar refractivity (Wildman–Crippen MR) is 67.8 cm³/mol. The Morgan fingerprint density at radius 3 is 2.64 bits per heavy atom. The number of hydrogen-bond donors (Lipinski definition) is 1. The molecule has 1 unspecified atom stereocenters. The Morgan fingerprint density at radius 2 is 2.21 bits per heavy atom. The normalized spacial score (nSPS) is 12.6. The summed E-state index contributed by atoms with van der Waals surface area (Å²) in [5, 5.41) is 0. The average Bonchev–Trinajstić information content (AvgIpc) is 2.16. The number of benzene rings is 1. The van der Waals surface area contributed by atoms with Crippen LogP contribution in [0.1, 0.15) is 17.3 Å². The number of Topliss-reactive ketones (excluding diaryl/α,β-unsaturated/α-hetero) is 1. The van der Waals surface area contributed by atoms with Crippen LogP contribution in [0.5, 0.6) is 0 Å². The van der Waals surface area contributed by atoms with E-state index in [9.17, 15) is 4.79 Å². The molecule has 0 amide bonds. The molecule has 1 nitrogen and oxygen atoms in total. The number of alkyl halides is 1. The number of halogens is 1. The Bertz CT molecular complexity index is 352. The van der Waals surface area contributed by atoms with Gasteiger partial charge in [-0.3, -0.25) is 4.79 Å². The van der Waals surface area contributed by atoms with Gasteiger partial charge in [0.2, 0.25) is 0 Å². The zero-order chi connectivity index (χ0) is 10.7. The summed E-state index contributed by atoms with van der Waals surface area (Å²) in [7, 11) is 0. The molecule has 1 aromatic rings. The van der Waals surface area contributed by atoms with Gasteiger partial charge in [-0.15, -0.1) is 24.4 Å². The molecular weight excluding hydrogens is 280 g/mol. The summed E-state index contributed by atoms with van der Waals surface area (Å²) in [5.41, 5.74) is 0.929. The SMILES string of the molecule is CSc1ccc(C(Br)C(C)=O)c(S)c1. The van der Waals surface area contributed by atoms with E-state index in [1.54, 1.807) is 18.7 Å². The highest BCUT2D eigenvalue weighted by Gasteiger charge is 2.15. The van der Waals surface area contributed by atoms with Gasteiger partial charge in [-0.25, -0.2) is 0 Å². The van der Waals surface area contributed by atoms with Crippen LogP contribution in [0.2, 0.25) is 0 Å². The number of carbonyl (C=O) groups is 1. The number of thiol groups is 1. The highest BCUT2D eigenvalue weighted by atomic mass is 79.9. The molecule has 4 heteroatoms. The minimum atomic E-state index is -0.245. The molecular formula is C10H11BrOS2. The molecule has 0 radical (unpaired) electrons. The second kappa shape index (κ2) is 5.24. The first kappa shape index (κ1) is 12.1. The van der Waals surface area contributed by atoms with Gasteiger partial charge in [0.15, 0.2) is 0 Å². The number of ketones is 1. The molecule has 0 aliphatic carbocycles. The molecule has 0 aliphatic heterocycles. The Balaban J connectivity index is 3.05. The molecule has 0 bridgehead atoms. The van der Waals surface area contributed by atoms with Crippen LogP contribution in [-0.4, -0.2) is 12.0 Å². The molecule has 1 rings (SSSR count). The van der Waals surface area contributed by atoms with Gasteiger partial charge in [-0.1, -0.05) is 22.0 Å². The first-order valence-electron chi connectivity index (χ1n) is 4.07. The first-order valence-corrected chi connectivity index (χ1v) is 6.66. The Morgan fingerprint density at radius 1 is 1.57 bits per heavy atom. The predicted octanol–water partition coefficient (Wildman–Crippen LogP) is 3.72. The van der Waals surface area contributed by atoms with E-state index >= 15 is 0 Å². The van der Waals surface area contributed by atoms with E-state index < -0.39 is 0 Å². The van der Waals surface area contributed by atoms with Crippen molar-refractivity contribution in [3.63, 3.8) is 0 Å². The zero-order valence-corrected chi connectivity index (χ0v) is 11.2. The largest absolute Gasteiger partial charge is 0.298 e. The van der Waals surface area contributed by atoms with E-state index in [4.69, 9.17) is 0 Å². The number of rotatable bonds is 3. The molecule has 1 aromatic carbocycles. The van der Waals surface area contributed by atoms with E-state index in [0.717, 1.165) is 15.4 Å². The Labute approximate surface area is 102 Å². The highest BCUT2D eigenvalue weighted by molar-refractivity contribution is 9.09. The summed E-state index contributed by atoms with van der Waals surface area (Å²) in [6.07, 6.45) is 2.01. The molecule has 0 spiro atoms. The van der Waals surface area contributed by atoms with Crippen molar-refractivity contribution in [1.29, 1.82) is 0 Å². The van der Waals surface area contributed by atoms with Crippen molar-refractivity contribution in [3.8, 4) is 0 Å². The van der Waals surface area contributed by atoms with Gasteiger partial charge < -0.3 is 0 Å². The number of carbonyl (C=O) groups excluding carboxylic acids is 1. The maximum absolute atomic E-state index is 11.2. The van der Waals surface area contributed by atoms with Crippen molar-refractivity contribution < 1.29 is 4.79 Å². The van der Waals surface area contributed by atoms with Gasteiger partial charge in [0, 0.05) is 9.79 Å². The van der Waals surface area contributed by atoms with Crippen LogP contribution < -0.4 is 0 Å². The van der Waals surface area contributed by atoms with Gasteiger partial charge in [-0.05, 0) is 30.9 Å². The topological polar surface area (TPSA) is 17.1 Å². The standard InChI is InChI=1S/C10H11BrOS2/c1-6(12)10(11)8-4-3-7(14-2)5-9(8)13/h3-5,10,13H,1-2H3. The minimum Gasteiger partial charge on any atom is -0.298 e. The van der Waals surface area contributed by atoms with Crippen LogP contribution in [0.15, 0.2) is 28.0 Å². The Hall–Kier alpha value is 0.0700. The van der Waals surface area contributed by atoms with Crippen LogP contribution in [0.3, 0.4) is 0 Å². The van der Waals surface area contributed by atoms with E-state index in [-0.39, 0.29) is 10.6 Å². The summed E-state index contributed by atoms with van der Waals surface area (Å²) in [4.78, 5) is 12.9. The second-order valence-electron chi connectivity index (χ2n) is 2.90. The third kappa shape index (κ3) is 2.78.